The van der Waals surface area contributed by atoms with Crippen LogP contribution in [0.3, 0.4) is 0 Å². The molecule has 3 aromatic carbocycles. The van der Waals surface area contributed by atoms with E-state index in [0.29, 0.717) is 17.9 Å². The van der Waals surface area contributed by atoms with Crippen LogP contribution in [0.25, 0.3) is 0 Å². The van der Waals surface area contributed by atoms with Crippen LogP contribution < -0.4 is 19.1 Å². The molecule has 3 aromatic rings. The summed E-state index contributed by atoms with van der Waals surface area (Å²) in [7, 11) is -1.65. The van der Waals surface area contributed by atoms with Crippen LogP contribution >= 0.6 is 0 Å². The summed E-state index contributed by atoms with van der Waals surface area (Å²) in [5, 5.41) is 2.79. The Bertz CT molecular complexity index is 1470. The number of nitrogens with zero attached hydrogens (tertiary/aromatic N) is 2. The van der Waals surface area contributed by atoms with Crippen LogP contribution in [0.4, 0.5) is 14.5 Å². The van der Waals surface area contributed by atoms with Gasteiger partial charge in [0.15, 0.2) is 11.5 Å². The second-order valence-corrected chi connectivity index (χ2v) is 11.3. The number of carbonyl (C=O) groups excluding carboxylic acids is 2. The fourth-order valence-corrected chi connectivity index (χ4v) is 5.58. The topological polar surface area (TPSA) is 105 Å². The molecule has 0 aliphatic carbocycles. The maximum atomic E-state index is 14.0. The molecule has 42 heavy (non-hydrogen) atoms. The Balaban J connectivity index is 2.03. The second-order valence-electron chi connectivity index (χ2n) is 9.47. The van der Waals surface area contributed by atoms with Crippen molar-refractivity contribution in [3.8, 4) is 11.5 Å². The molecule has 0 spiro atoms. The number of anilines is 1. The molecule has 0 bridgehead atoms. The number of nitrogens with one attached hydrogen (secondary N) is 1. The number of ether oxygens (including phenoxy) is 2. The van der Waals surface area contributed by atoms with Crippen molar-refractivity contribution in [2.45, 2.75) is 44.2 Å². The van der Waals surface area contributed by atoms with Crippen LogP contribution in [-0.4, -0.2) is 58.5 Å². The third-order valence-corrected chi connectivity index (χ3v) is 8.37. The summed E-state index contributed by atoms with van der Waals surface area (Å²) in [6.45, 7) is 3.12. The van der Waals surface area contributed by atoms with Crippen LogP contribution in [0.5, 0.6) is 11.5 Å². The van der Waals surface area contributed by atoms with Gasteiger partial charge in [0.1, 0.15) is 24.2 Å². The minimum absolute atomic E-state index is 0.0290. The summed E-state index contributed by atoms with van der Waals surface area (Å²) in [6.07, 6.45) is 1.60. The van der Waals surface area contributed by atoms with Gasteiger partial charge < -0.3 is 19.7 Å². The predicted molar refractivity (Wildman–Crippen MR) is 155 cm³/mol. The van der Waals surface area contributed by atoms with Crippen molar-refractivity contribution >= 4 is 27.5 Å². The van der Waals surface area contributed by atoms with Crippen LogP contribution in [0.1, 0.15) is 32.3 Å². The van der Waals surface area contributed by atoms with E-state index >= 15 is 0 Å². The van der Waals surface area contributed by atoms with Crippen molar-refractivity contribution in [2.24, 2.45) is 0 Å². The first-order valence-corrected chi connectivity index (χ1v) is 14.8. The molecule has 0 unspecified atom stereocenters. The van der Waals surface area contributed by atoms with Gasteiger partial charge in [0.25, 0.3) is 10.0 Å². The minimum atomic E-state index is -4.42. The number of hydrogen-bond acceptors (Lipinski definition) is 6. The molecule has 9 nitrogen and oxygen atoms in total. The Hall–Kier alpha value is -4.19. The van der Waals surface area contributed by atoms with Crippen molar-refractivity contribution in [1.29, 1.82) is 0 Å². The molecule has 0 radical (unpaired) electrons. The zero-order valence-electron chi connectivity index (χ0n) is 24.0. The van der Waals surface area contributed by atoms with Crippen molar-refractivity contribution in [2.75, 3.05) is 31.6 Å². The first-order valence-electron chi connectivity index (χ1n) is 13.3. The lowest BCUT2D eigenvalue weighted by molar-refractivity contribution is -0.139. The highest BCUT2D eigenvalue weighted by molar-refractivity contribution is 7.92. The third-order valence-electron chi connectivity index (χ3n) is 6.60. The van der Waals surface area contributed by atoms with Gasteiger partial charge in [-0.25, -0.2) is 17.2 Å². The molecule has 0 aromatic heterocycles. The summed E-state index contributed by atoms with van der Waals surface area (Å²) in [4.78, 5) is 27.9. The van der Waals surface area contributed by atoms with E-state index in [0.717, 1.165) is 29.3 Å². The number of amides is 2. The summed E-state index contributed by atoms with van der Waals surface area (Å²) in [6, 6.07) is 13.1. The second kappa shape index (κ2) is 14.6. The highest BCUT2D eigenvalue weighted by atomic mass is 32.2. The zero-order chi connectivity index (χ0) is 30.9. The van der Waals surface area contributed by atoms with Crippen molar-refractivity contribution < 1.29 is 36.3 Å². The smallest absolute Gasteiger partial charge is 0.264 e. The van der Waals surface area contributed by atoms with Gasteiger partial charge in [-0.1, -0.05) is 25.5 Å². The highest BCUT2D eigenvalue weighted by Gasteiger charge is 2.33. The minimum Gasteiger partial charge on any atom is -0.493 e. The Labute approximate surface area is 245 Å². The monoisotopic (exact) mass is 603 g/mol. The summed E-state index contributed by atoms with van der Waals surface area (Å²) in [5.41, 5.74) is 0.565. The molecule has 3 rings (SSSR count). The Morgan fingerprint density at radius 3 is 2.07 bits per heavy atom. The normalized spacial score (nSPS) is 11.9. The van der Waals surface area contributed by atoms with E-state index in [-0.39, 0.29) is 22.9 Å². The van der Waals surface area contributed by atoms with E-state index in [1.807, 2.05) is 6.92 Å². The first kappa shape index (κ1) is 32.3. The number of halogens is 2. The van der Waals surface area contributed by atoms with Gasteiger partial charge >= 0.3 is 0 Å². The molecule has 226 valence electrons. The number of rotatable bonds is 14. The molecular formula is C30H35F2N3O6S. The molecule has 0 aliphatic rings. The number of methoxy groups -OCH3 is 2. The van der Waals surface area contributed by atoms with Gasteiger partial charge in [0.05, 0.1) is 24.8 Å². The van der Waals surface area contributed by atoms with E-state index < -0.39 is 46.1 Å². The molecule has 1 N–H and O–H groups in total. The lowest BCUT2D eigenvalue weighted by atomic mass is 10.1. The molecule has 1 atom stereocenters. The molecule has 0 heterocycles. The summed E-state index contributed by atoms with van der Waals surface area (Å²) >= 11 is 0. The maximum absolute atomic E-state index is 14.0. The van der Waals surface area contributed by atoms with E-state index in [1.165, 1.54) is 80.6 Å². The van der Waals surface area contributed by atoms with E-state index in [4.69, 9.17) is 9.47 Å². The standard InChI is InChI=1S/C30H35F2N3O6S/c1-5-6-17-33-30(37)21(2)34(19-22-7-9-23(31)10-8-22)29(36)20-35(25-13-11-24(32)12-14-25)42(38,39)26-15-16-27(40-3)28(18-26)41-4/h7-16,18,21H,5-6,17,19-20H2,1-4H3,(H,33,37)/t21-/m0/s1. The van der Waals surface area contributed by atoms with Gasteiger partial charge in [0, 0.05) is 19.2 Å². The summed E-state index contributed by atoms with van der Waals surface area (Å²) < 4.78 is 66.6. The summed E-state index contributed by atoms with van der Waals surface area (Å²) in [5.74, 6) is -1.73. The molecule has 0 saturated heterocycles. The number of unbranched alkanes of at least 4 members (excludes halogenated alkanes) is 1. The molecule has 2 amide bonds. The van der Waals surface area contributed by atoms with Crippen molar-refractivity contribution in [1.82, 2.24) is 10.2 Å². The molecule has 12 heteroatoms. The number of carbonyl (C=O) groups is 2. The molecule has 0 fully saturated rings. The third kappa shape index (κ3) is 7.96. The van der Waals surface area contributed by atoms with Crippen LogP contribution in [0, 0.1) is 11.6 Å². The van der Waals surface area contributed by atoms with Crippen LogP contribution in [-0.2, 0) is 26.2 Å². The largest absolute Gasteiger partial charge is 0.493 e. The number of benzene rings is 3. The fraction of sp³-hybridized carbons (Fsp3) is 0.333. The first-order chi connectivity index (χ1) is 20.0. The van der Waals surface area contributed by atoms with E-state index in [9.17, 15) is 26.8 Å². The number of sulfonamides is 1. The van der Waals surface area contributed by atoms with Gasteiger partial charge in [-0.15, -0.1) is 0 Å². The van der Waals surface area contributed by atoms with E-state index in [2.05, 4.69) is 5.32 Å². The van der Waals surface area contributed by atoms with E-state index in [1.54, 1.807) is 0 Å². The maximum Gasteiger partial charge on any atom is 0.264 e. The average Bonchev–Trinajstić information content (AvgIpc) is 2.99. The van der Waals surface area contributed by atoms with Crippen LogP contribution in [0.2, 0.25) is 0 Å². The van der Waals surface area contributed by atoms with Crippen molar-refractivity contribution in [3.63, 3.8) is 0 Å². The molecular weight excluding hydrogens is 568 g/mol. The predicted octanol–water partition coefficient (Wildman–Crippen LogP) is 4.51. The Morgan fingerprint density at radius 2 is 1.50 bits per heavy atom. The SMILES string of the molecule is CCCCNC(=O)[C@H](C)N(Cc1ccc(F)cc1)C(=O)CN(c1ccc(F)cc1)S(=O)(=O)c1ccc(OC)c(OC)c1. The fourth-order valence-electron chi connectivity index (χ4n) is 4.15. The quantitative estimate of drug-likeness (QED) is 0.272. The van der Waals surface area contributed by atoms with Gasteiger partial charge in [0.2, 0.25) is 11.8 Å². The lowest BCUT2D eigenvalue weighted by Gasteiger charge is -2.32. The Morgan fingerprint density at radius 1 is 0.905 bits per heavy atom. The number of hydrogen-bond donors (Lipinski definition) is 1. The Kier molecular flexibility index (Phi) is 11.3. The lowest BCUT2D eigenvalue weighted by Crippen LogP contribution is -2.51. The van der Waals surface area contributed by atoms with Crippen LogP contribution in [0.15, 0.2) is 71.6 Å². The highest BCUT2D eigenvalue weighted by Crippen LogP contribution is 2.32. The molecule has 0 saturated carbocycles. The van der Waals surface area contributed by atoms with Crippen molar-refractivity contribution in [3.05, 3.63) is 83.9 Å². The average molecular weight is 604 g/mol. The molecule has 0 aliphatic heterocycles. The van der Waals surface area contributed by atoms with Gasteiger partial charge in [-0.2, -0.15) is 0 Å². The van der Waals surface area contributed by atoms with Gasteiger partial charge in [-0.3, -0.25) is 13.9 Å². The van der Waals surface area contributed by atoms with Gasteiger partial charge in [-0.05, 0) is 67.4 Å². The zero-order valence-corrected chi connectivity index (χ0v) is 24.8.